The van der Waals surface area contributed by atoms with E-state index >= 15 is 0 Å². The van der Waals surface area contributed by atoms with Crippen LogP contribution in [0.2, 0.25) is 10.0 Å². The normalized spacial score (nSPS) is 12.9. The Morgan fingerprint density at radius 1 is 1.04 bits per heavy atom. The molecule has 2 N–H and O–H groups in total. The van der Waals surface area contributed by atoms with E-state index in [1.807, 2.05) is 12.1 Å². The first-order valence-corrected chi connectivity index (χ1v) is 8.75. The van der Waals surface area contributed by atoms with Crippen molar-refractivity contribution in [3.63, 3.8) is 0 Å². The molecule has 0 aliphatic rings. The predicted molar refractivity (Wildman–Crippen MR) is 102 cm³/mol. The van der Waals surface area contributed by atoms with Gasteiger partial charge in [-0.25, -0.2) is 0 Å². The summed E-state index contributed by atoms with van der Waals surface area (Å²) >= 11 is 12.1. The lowest BCUT2D eigenvalue weighted by Gasteiger charge is -2.20. The summed E-state index contributed by atoms with van der Waals surface area (Å²) in [6.07, 6.45) is 1.00. The van der Waals surface area contributed by atoms with E-state index < -0.39 is 0 Å². The van der Waals surface area contributed by atoms with Gasteiger partial charge >= 0.3 is 0 Å². The molecular weight excluding hydrogens is 341 g/mol. The third kappa shape index (κ3) is 4.99. The number of amides is 1. The highest BCUT2D eigenvalue weighted by Crippen LogP contribution is 2.31. The summed E-state index contributed by atoms with van der Waals surface area (Å²) in [4.78, 5) is 11.5. The van der Waals surface area contributed by atoms with Crippen molar-refractivity contribution in [1.29, 1.82) is 0 Å². The van der Waals surface area contributed by atoms with Crippen LogP contribution in [0.1, 0.15) is 49.8 Å². The topological polar surface area (TPSA) is 43.1 Å². The quantitative estimate of drug-likeness (QED) is 0.749. The summed E-state index contributed by atoms with van der Waals surface area (Å²) in [5.74, 6) is -0.338. The van der Waals surface area contributed by atoms with E-state index in [2.05, 4.69) is 45.0 Å². The third-order valence-corrected chi connectivity index (χ3v) is 4.90. The Morgan fingerprint density at radius 3 is 2.17 bits per heavy atom. The number of primary amides is 1. The smallest absolute Gasteiger partial charge is 0.218 e. The molecule has 2 rings (SSSR count). The maximum absolute atomic E-state index is 11.5. The number of rotatable bonds is 5. The van der Waals surface area contributed by atoms with Crippen molar-refractivity contribution in [2.45, 2.75) is 44.9 Å². The molecule has 0 heterocycles. The van der Waals surface area contributed by atoms with Crippen molar-refractivity contribution in [1.82, 2.24) is 0 Å². The molecule has 24 heavy (non-hydrogen) atoms. The van der Waals surface area contributed by atoms with Gasteiger partial charge in [-0.3, -0.25) is 4.79 Å². The zero-order valence-corrected chi connectivity index (χ0v) is 15.8. The Balaban J connectivity index is 2.25. The van der Waals surface area contributed by atoms with Gasteiger partial charge in [-0.1, -0.05) is 74.3 Å². The molecule has 0 fully saturated rings. The van der Waals surface area contributed by atoms with Gasteiger partial charge in [-0.2, -0.15) is 0 Å². The molecule has 1 unspecified atom stereocenters. The summed E-state index contributed by atoms with van der Waals surface area (Å²) in [5.41, 5.74) is 8.98. The number of halogens is 2. The summed E-state index contributed by atoms with van der Waals surface area (Å²) in [6.45, 7) is 6.56. The Hall–Kier alpha value is -1.51. The van der Waals surface area contributed by atoms with E-state index in [0.717, 1.165) is 12.0 Å². The predicted octanol–water partition coefficient (Wildman–Crippen LogP) is 5.49. The zero-order valence-electron chi connectivity index (χ0n) is 14.3. The Bertz CT molecular complexity index is 717. The van der Waals surface area contributed by atoms with Gasteiger partial charge in [0.05, 0.1) is 10.0 Å². The average molecular weight is 364 g/mol. The Kier molecular flexibility index (Phi) is 5.95. The second kappa shape index (κ2) is 7.58. The molecule has 2 aromatic rings. The van der Waals surface area contributed by atoms with Crippen LogP contribution < -0.4 is 5.73 Å². The molecule has 2 nitrogen and oxygen atoms in total. The number of carbonyl (C=O) groups excluding carboxylic acids is 1. The van der Waals surface area contributed by atoms with Crippen LogP contribution in [0.15, 0.2) is 42.5 Å². The fourth-order valence-electron chi connectivity index (χ4n) is 2.74. The maximum Gasteiger partial charge on any atom is 0.218 e. The lowest BCUT2D eigenvalue weighted by atomic mass is 9.85. The highest BCUT2D eigenvalue weighted by molar-refractivity contribution is 6.42. The first-order chi connectivity index (χ1) is 11.2. The molecule has 0 aliphatic carbocycles. The van der Waals surface area contributed by atoms with Crippen molar-refractivity contribution in [3.05, 3.63) is 69.2 Å². The highest BCUT2D eigenvalue weighted by atomic mass is 35.5. The fraction of sp³-hybridized carbons (Fsp3) is 0.350. The fourth-order valence-corrected chi connectivity index (χ4v) is 3.05. The molecule has 0 bridgehead atoms. The van der Waals surface area contributed by atoms with Crippen LogP contribution in [-0.2, 0) is 16.6 Å². The van der Waals surface area contributed by atoms with E-state index in [9.17, 15) is 4.79 Å². The second-order valence-electron chi connectivity index (χ2n) is 7.19. The van der Waals surface area contributed by atoms with Gasteiger partial charge in [0.15, 0.2) is 0 Å². The van der Waals surface area contributed by atoms with Crippen LogP contribution in [0.25, 0.3) is 0 Å². The molecule has 128 valence electrons. The molecular formula is C20H23Cl2NO. The minimum Gasteiger partial charge on any atom is -0.370 e. The van der Waals surface area contributed by atoms with Crippen LogP contribution in [0, 0.1) is 0 Å². The lowest BCUT2D eigenvalue weighted by Crippen LogP contribution is -2.17. The average Bonchev–Trinajstić information content (AvgIpc) is 2.48. The lowest BCUT2D eigenvalue weighted by molar-refractivity contribution is -0.118. The third-order valence-electron chi connectivity index (χ3n) is 4.16. The van der Waals surface area contributed by atoms with Crippen molar-refractivity contribution in [3.8, 4) is 0 Å². The van der Waals surface area contributed by atoms with E-state index in [1.165, 1.54) is 11.1 Å². The molecule has 2 aromatic carbocycles. The van der Waals surface area contributed by atoms with E-state index in [4.69, 9.17) is 28.9 Å². The molecule has 0 aliphatic heterocycles. The summed E-state index contributed by atoms with van der Waals surface area (Å²) in [5, 5.41) is 1.000. The van der Waals surface area contributed by atoms with E-state index in [1.54, 1.807) is 6.07 Å². The summed E-state index contributed by atoms with van der Waals surface area (Å²) < 4.78 is 0. The number of nitrogens with two attached hydrogens (primary N) is 1. The maximum atomic E-state index is 11.5. The van der Waals surface area contributed by atoms with Crippen molar-refractivity contribution in [2.24, 2.45) is 5.73 Å². The van der Waals surface area contributed by atoms with Crippen LogP contribution >= 0.6 is 23.2 Å². The molecule has 1 atom stereocenters. The van der Waals surface area contributed by atoms with Gasteiger partial charge in [0, 0.05) is 6.42 Å². The number of hydrogen-bond donors (Lipinski definition) is 1. The van der Waals surface area contributed by atoms with Gasteiger partial charge < -0.3 is 5.73 Å². The highest BCUT2D eigenvalue weighted by Gasteiger charge is 2.18. The first kappa shape index (κ1) is 18.8. The Labute approximate surface area is 154 Å². The van der Waals surface area contributed by atoms with Gasteiger partial charge in [0.25, 0.3) is 0 Å². The minimum absolute atomic E-state index is 0.0160. The second-order valence-corrected chi connectivity index (χ2v) is 8.01. The van der Waals surface area contributed by atoms with Crippen LogP contribution in [0.3, 0.4) is 0 Å². The largest absolute Gasteiger partial charge is 0.370 e. The molecule has 0 aromatic heterocycles. The minimum atomic E-state index is -0.322. The molecule has 0 radical (unpaired) electrons. The van der Waals surface area contributed by atoms with Gasteiger partial charge in [0.2, 0.25) is 5.91 Å². The van der Waals surface area contributed by atoms with Gasteiger partial charge in [0.1, 0.15) is 0 Å². The molecule has 0 saturated carbocycles. The summed E-state index contributed by atoms with van der Waals surface area (Å²) in [6, 6.07) is 14.0. The number of carbonyl (C=O) groups is 1. The molecule has 4 heteroatoms. The van der Waals surface area contributed by atoms with Crippen molar-refractivity contribution in [2.75, 3.05) is 0 Å². The standard InChI is InChI=1S/C20H23Cl2NO/c1-20(2,3)16-7-4-13(5-8-16)10-15(12-19(23)24)14-6-9-17(21)18(22)11-14/h4-9,11,15H,10,12H2,1-3H3,(H2,23,24). The Morgan fingerprint density at radius 2 is 1.67 bits per heavy atom. The van der Waals surface area contributed by atoms with Crippen molar-refractivity contribution < 1.29 is 4.79 Å². The summed E-state index contributed by atoms with van der Waals surface area (Å²) in [7, 11) is 0. The van der Waals surface area contributed by atoms with E-state index in [0.29, 0.717) is 10.0 Å². The first-order valence-electron chi connectivity index (χ1n) is 7.99. The van der Waals surface area contributed by atoms with Crippen LogP contribution in [0.4, 0.5) is 0 Å². The SMILES string of the molecule is CC(C)(C)c1ccc(CC(CC(N)=O)c2ccc(Cl)c(Cl)c2)cc1. The molecule has 0 spiro atoms. The number of hydrogen-bond acceptors (Lipinski definition) is 1. The number of benzene rings is 2. The van der Waals surface area contributed by atoms with Crippen molar-refractivity contribution >= 4 is 29.1 Å². The van der Waals surface area contributed by atoms with Gasteiger partial charge in [-0.05, 0) is 46.6 Å². The van der Waals surface area contributed by atoms with Crippen LogP contribution in [-0.4, -0.2) is 5.91 Å². The molecule has 1 amide bonds. The van der Waals surface area contributed by atoms with Crippen LogP contribution in [0.5, 0.6) is 0 Å². The molecule has 0 saturated heterocycles. The monoisotopic (exact) mass is 363 g/mol. The zero-order chi connectivity index (χ0) is 17.9. The van der Waals surface area contributed by atoms with Gasteiger partial charge in [-0.15, -0.1) is 0 Å². The van der Waals surface area contributed by atoms with E-state index in [-0.39, 0.29) is 23.7 Å².